The molecule has 0 atom stereocenters. The molecule has 1 rings (SSSR count). The Bertz CT molecular complexity index is 547. The molecule has 0 bridgehead atoms. The number of rotatable bonds is 9. The van der Waals surface area contributed by atoms with Crippen LogP contribution < -0.4 is 10.5 Å². The summed E-state index contributed by atoms with van der Waals surface area (Å²) in [6, 6.07) is 4.70. The molecule has 0 fully saturated rings. The Labute approximate surface area is 131 Å². The molecule has 0 aliphatic heterocycles. The highest BCUT2D eigenvalue weighted by Gasteiger charge is 2.17. The van der Waals surface area contributed by atoms with Crippen LogP contribution in [0.15, 0.2) is 23.1 Å². The van der Waals surface area contributed by atoms with Gasteiger partial charge >= 0.3 is 0 Å². The lowest BCUT2D eigenvalue weighted by molar-refractivity contribution is 0.108. The predicted molar refractivity (Wildman–Crippen MR) is 84.8 cm³/mol. The zero-order valence-corrected chi connectivity index (χ0v) is 14.0. The highest BCUT2D eigenvalue weighted by atomic mass is 35.5. The SMILES string of the molecule is CC(C)COCCCNS(=O)(=O)c1ccc(CN)cc1Cl. The standard InChI is InChI=1S/C14H23ClN2O3S/c1-11(2)10-20-7-3-6-17-21(18,19)14-5-4-12(9-16)8-13(14)15/h4-5,8,11,17H,3,6-7,9-10,16H2,1-2H3. The molecule has 1 aromatic carbocycles. The number of halogens is 1. The molecule has 0 aliphatic carbocycles. The van der Waals surface area contributed by atoms with E-state index in [0.29, 0.717) is 38.6 Å². The molecule has 0 unspecified atom stereocenters. The number of hydrogen-bond donors (Lipinski definition) is 2. The van der Waals surface area contributed by atoms with Crippen LogP contribution in [0.5, 0.6) is 0 Å². The monoisotopic (exact) mass is 334 g/mol. The van der Waals surface area contributed by atoms with Crippen molar-refractivity contribution in [2.24, 2.45) is 11.7 Å². The van der Waals surface area contributed by atoms with Crippen LogP contribution in [0.3, 0.4) is 0 Å². The molecule has 7 heteroatoms. The van der Waals surface area contributed by atoms with Crippen LogP contribution in [-0.2, 0) is 21.3 Å². The summed E-state index contributed by atoms with van der Waals surface area (Å²) in [5.74, 6) is 0.474. The smallest absolute Gasteiger partial charge is 0.242 e. The average Bonchev–Trinajstić information content (AvgIpc) is 2.41. The zero-order chi connectivity index (χ0) is 15.9. The van der Waals surface area contributed by atoms with Gasteiger partial charge in [-0.2, -0.15) is 0 Å². The van der Waals surface area contributed by atoms with Crippen LogP contribution in [0.4, 0.5) is 0 Å². The molecule has 0 saturated carbocycles. The Morgan fingerprint density at radius 3 is 2.67 bits per heavy atom. The van der Waals surface area contributed by atoms with E-state index >= 15 is 0 Å². The van der Waals surface area contributed by atoms with E-state index < -0.39 is 10.0 Å². The molecule has 0 aromatic heterocycles. The van der Waals surface area contributed by atoms with Gasteiger partial charge in [-0.05, 0) is 30.0 Å². The van der Waals surface area contributed by atoms with Crippen molar-refractivity contribution in [1.82, 2.24) is 4.72 Å². The quantitative estimate of drug-likeness (QED) is 0.678. The molecule has 0 heterocycles. The van der Waals surface area contributed by atoms with Gasteiger partial charge in [0.2, 0.25) is 10.0 Å². The third-order valence-electron chi connectivity index (χ3n) is 2.73. The third-order valence-corrected chi connectivity index (χ3v) is 4.67. The number of hydrogen-bond acceptors (Lipinski definition) is 4. The largest absolute Gasteiger partial charge is 0.381 e. The van der Waals surface area contributed by atoms with E-state index in [9.17, 15) is 8.42 Å². The van der Waals surface area contributed by atoms with Crippen molar-refractivity contribution < 1.29 is 13.2 Å². The lowest BCUT2D eigenvalue weighted by atomic mass is 10.2. The van der Waals surface area contributed by atoms with Crippen molar-refractivity contribution in [2.45, 2.75) is 31.7 Å². The van der Waals surface area contributed by atoms with Crippen molar-refractivity contribution >= 4 is 21.6 Å². The van der Waals surface area contributed by atoms with Crippen LogP contribution >= 0.6 is 11.6 Å². The summed E-state index contributed by atoms with van der Waals surface area (Å²) in [5, 5.41) is 0.182. The van der Waals surface area contributed by atoms with Crippen LogP contribution in [0.25, 0.3) is 0 Å². The van der Waals surface area contributed by atoms with Crippen molar-refractivity contribution in [3.8, 4) is 0 Å². The topological polar surface area (TPSA) is 81.4 Å². The van der Waals surface area contributed by atoms with Crippen molar-refractivity contribution in [3.05, 3.63) is 28.8 Å². The fourth-order valence-electron chi connectivity index (χ4n) is 1.67. The Morgan fingerprint density at radius 2 is 2.10 bits per heavy atom. The molecule has 1 aromatic rings. The van der Waals surface area contributed by atoms with Gasteiger partial charge in [0.05, 0.1) is 5.02 Å². The van der Waals surface area contributed by atoms with E-state index in [2.05, 4.69) is 18.6 Å². The molecule has 0 aliphatic rings. The Kier molecular flexibility index (Phi) is 7.62. The summed E-state index contributed by atoms with van der Waals surface area (Å²) in [6.45, 7) is 5.97. The first-order valence-corrected chi connectivity index (χ1v) is 8.79. The van der Waals surface area contributed by atoms with E-state index in [1.165, 1.54) is 6.07 Å². The highest BCUT2D eigenvalue weighted by molar-refractivity contribution is 7.89. The van der Waals surface area contributed by atoms with Crippen LogP contribution in [0, 0.1) is 5.92 Å². The van der Waals surface area contributed by atoms with E-state index in [4.69, 9.17) is 22.1 Å². The van der Waals surface area contributed by atoms with Gasteiger partial charge < -0.3 is 10.5 Å². The van der Waals surface area contributed by atoms with Crippen molar-refractivity contribution in [3.63, 3.8) is 0 Å². The van der Waals surface area contributed by atoms with Gasteiger partial charge in [-0.1, -0.05) is 31.5 Å². The number of sulfonamides is 1. The predicted octanol–water partition coefficient (Wildman–Crippen LogP) is 2.14. The Hall–Kier alpha value is -0.660. The van der Waals surface area contributed by atoms with Gasteiger partial charge in [0.25, 0.3) is 0 Å². The first-order chi connectivity index (χ1) is 9.86. The van der Waals surface area contributed by atoms with Gasteiger partial charge in [0.1, 0.15) is 4.90 Å². The molecule has 3 N–H and O–H groups in total. The minimum absolute atomic E-state index is 0.0736. The fraction of sp³-hybridized carbons (Fsp3) is 0.571. The lowest BCUT2D eigenvalue weighted by Gasteiger charge is -2.10. The van der Waals surface area contributed by atoms with E-state index in [-0.39, 0.29) is 9.92 Å². The fourth-order valence-corrected chi connectivity index (χ4v) is 3.31. The Morgan fingerprint density at radius 1 is 1.38 bits per heavy atom. The molecule has 0 saturated heterocycles. The van der Waals surface area contributed by atoms with Gasteiger partial charge in [0.15, 0.2) is 0 Å². The minimum Gasteiger partial charge on any atom is -0.381 e. The Balaban J connectivity index is 2.50. The van der Waals surface area contributed by atoms with E-state index in [0.717, 1.165) is 5.56 Å². The van der Waals surface area contributed by atoms with Gasteiger partial charge in [-0.25, -0.2) is 13.1 Å². The summed E-state index contributed by atoms with van der Waals surface area (Å²) in [4.78, 5) is 0.0736. The molecular weight excluding hydrogens is 312 g/mol. The maximum absolute atomic E-state index is 12.1. The molecule has 120 valence electrons. The first-order valence-electron chi connectivity index (χ1n) is 6.92. The normalized spacial score (nSPS) is 12.0. The van der Waals surface area contributed by atoms with Crippen molar-refractivity contribution in [1.29, 1.82) is 0 Å². The van der Waals surface area contributed by atoms with Gasteiger partial charge in [0, 0.05) is 26.3 Å². The second-order valence-corrected chi connectivity index (χ2v) is 7.33. The average molecular weight is 335 g/mol. The third kappa shape index (κ3) is 6.32. The maximum Gasteiger partial charge on any atom is 0.242 e. The second kappa shape index (κ2) is 8.70. The van der Waals surface area contributed by atoms with Gasteiger partial charge in [-0.15, -0.1) is 0 Å². The summed E-state index contributed by atoms with van der Waals surface area (Å²) < 4.78 is 32.2. The molecule has 0 spiro atoms. The zero-order valence-electron chi connectivity index (χ0n) is 12.4. The number of benzene rings is 1. The number of ether oxygens (including phenoxy) is 1. The summed E-state index contributed by atoms with van der Waals surface area (Å²) in [7, 11) is -3.60. The summed E-state index contributed by atoms with van der Waals surface area (Å²) >= 11 is 5.99. The molecule has 0 amide bonds. The number of nitrogens with one attached hydrogen (secondary N) is 1. The summed E-state index contributed by atoms with van der Waals surface area (Å²) in [6.07, 6.45) is 0.616. The van der Waals surface area contributed by atoms with E-state index in [1.54, 1.807) is 12.1 Å². The van der Waals surface area contributed by atoms with Gasteiger partial charge in [-0.3, -0.25) is 0 Å². The molecular formula is C14H23ClN2O3S. The van der Waals surface area contributed by atoms with Crippen molar-refractivity contribution in [2.75, 3.05) is 19.8 Å². The highest BCUT2D eigenvalue weighted by Crippen LogP contribution is 2.22. The number of nitrogens with two attached hydrogens (primary N) is 1. The lowest BCUT2D eigenvalue weighted by Crippen LogP contribution is -2.26. The minimum atomic E-state index is -3.60. The van der Waals surface area contributed by atoms with Crippen LogP contribution in [0.2, 0.25) is 5.02 Å². The first kappa shape index (κ1) is 18.4. The summed E-state index contributed by atoms with van der Waals surface area (Å²) in [5.41, 5.74) is 6.28. The second-order valence-electron chi connectivity index (χ2n) is 5.19. The van der Waals surface area contributed by atoms with E-state index in [1.807, 2.05) is 0 Å². The maximum atomic E-state index is 12.1. The van der Waals surface area contributed by atoms with Crippen LogP contribution in [-0.4, -0.2) is 28.2 Å². The van der Waals surface area contributed by atoms with Crippen LogP contribution in [0.1, 0.15) is 25.8 Å². The molecule has 5 nitrogen and oxygen atoms in total. The molecule has 21 heavy (non-hydrogen) atoms. The molecule has 0 radical (unpaired) electrons.